The SMILES string of the molecule is CCN(C(N)=S)C(C)CN(C)C. The van der Waals surface area contributed by atoms with Crippen molar-refractivity contribution < 1.29 is 0 Å². The normalized spacial score (nSPS) is 13.1. The summed E-state index contributed by atoms with van der Waals surface area (Å²) in [6.45, 7) is 6.05. The molecule has 0 spiro atoms. The molecular weight excluding hydrogens is 170 g/mol. The van der Waals surface area contributed by atoms with E-state index in [2.05, 4.69) is 18.7 Å². The van der Waals surface area contributed by atoms with Gasteiger partial charge >= 0.3 is 0 Å². The van der Waals surface area contributed by atoms with Crippen molar-refractivity contribution >= 4 is 17.3 Å². The number of thiocarbonyl (C=S) groups is 1. The number of hydrogen-bond acceptors (Lipinski definition) is 2. The first-order valence-electron chi connectivity index (χ1n) is 4.19. The number of likely N-dealkylation sites (N-methyl/N-ethyl adjacent to an activating group) is 2. The standard InChI is InChI=1S/C8H19N3S/c1-5-11(8(9)12)7(2)6-10(3)4/h7H,5-6H2,1-4H3,(H2,9,12). The van der Waals surface area contributed by atoms with Crippen LogP contribution in [0.15, 0.2) is 0 Å². The second kappa shape index (κ2) is 5.32. The lowest BCUT2D eigenvalue weighted by atomic mass is 10.3. The Morgan fingerprint density at radius 2 is 2.00 bits per heavy atom. The Labute approximate surface area is 80.5 Å². The number of nitrogens with zero attached hydrogens (tertiary/aromatic N) is 2. The van der Waals surface area contributed by atoms with E-state index in [4.69, 9.17) is 18.0 Å². The largest absolute Gasteiger partial charge is 0.376 e. The van der Waals surface area contributed by atoms with Crippen LogP contribution in [0.1, 0.15) is 13.8 Å². The van der Waals surface area contributed by atoms with Gasteiger partial charge < -0.3 is 15.5 Å². The highest BCUT2D eigenvalue weighted by atomic mass is 32.1. The zero-order valence-corrected chi connectivity index (χ0v) is 9.19. The van der Waals surface area contributed by atoms with E-state index in [0.717, 1.165) is 13.1 Å². The van der Waals surface area contributed by atoms with Gasteiger partial charge in [0.05, 0.1) is 0 Å². The highest BCUT2D eigenvalue weighted by Gasteiger charge is 2.12. The van der Waals surface area contributed by atoms with E-state index in [1.165, 1.54) is 0 Å². The minimum atomic E-state index is 0.391. The molecule has 0 bridgehead atoms. The molecule has 0 heterocycles. The molecule has 0 fully saturated rings. The topological polar surface area (TPSA) is 32.5 Å². The second-order valence-corrected chi connectivity index (χ2v) is 3.65. The van der Waals surface area contributed by atoms with Gasteiger partial charge in [-0.1, -0.05) is 0 Å². The molecule has 12 heavy (non-hydrogen) atoms. The van der Waals surface area contributed by atoms with E-state index < -0.39 is 0 Å². The van der Waals surface area contributed by atoms with Crippen molar-refractivity contribution in [3.63, 3.8) is 0 Å². The van der Waals surface area contributed by atoms with Crippen LogP contribution in [0.2, 0.25) is 0 Å². The molecule has 0 saturated heterocycles. The molecule has 0 aliphatic carbocycles. The molecule has 4 heteroatoms. The summed E-state index contributed by atoms with van der Waals surface area (Å²) < 4.78 is 0. The van der Waals surface area contributed by atoms with Gasteiger partial charge in [-0.2, -0.15) is 0 Å². The summed E-state index contributed by atoms with van der Waals surface area (Å²) in [5.41, 5.74) is 5.56. The molecule has 3 nitrogen and oxygen atoms in total. The lowest BCUT2D eigenvalue weighted by Gasteiger charge is -2.30. The minimum absolute atomic E-state index is 0.391. The van der Waals surface area contributed by atoms with Crippen molar-refractivity contribution in [2.24, 2.45) is 5.73 Å². The molecule has 0 amide bonds. The Bertz CT molecular complexity index is 147. The van der Waals surface area contributed by atoms with Crippen molar-refractivity contribution in [3.05, 3.63) is 0 Å². The van der Waals surface area contributed by atoms with E-state index in [0.29, 0.717) is 11.2 Å². The third-order valence-electron chi connectivity index (χ3n) is 1.79. The Morgan fingerprint density at radius 1 is 1.50 bits per heavy atom. The summed E-state index contributed by atoms with van der Waals surface area (Å²) in [7, 11) is 4.09. The maximum atomic E-state index is 5.56. The highest BCUT2D eigenvalue weighted by molar-refractivity contribution is 7.80. The first kappa shape index (κ1) is 11.6. The van der Waals surface area contributed by atoms with Crippen LogP contribution in [-0.4, -0.2) is 48.1 Å². The van der Waals surface area contributed by atoms with Gasteiger partial charge in [0.25, 0.3) is 0 Å². The molecule has 0 aromatic heterocycles. The van der Waals surface area contributed by atoms with Gasteiger partial charge in [-0.15, -0.1) is 0 Å². The highest BCUT2D eigenvalue weighted by Crippen LogP contribution is 1.99. The van der Waals surface area contributed by atoms with Gasteiger partial charge in [-0.25, -0.2) is 0 Å². The Kier molecular flexibility index (Phi) is 5.17. The molecule has 0 aromatic rings. The van der Waals surface area contributed by atoms with E-state index in [1.54, 1.807) is 0 Å². The molecule has 0 rings (SSSR count). The zero-order valence-electron chi connectivity index (χ0n) is 8.37. The molecule has 0 radical (unpaired) electrons. The monoisotopic (exact) mass is 189 g/mol. The van der Waals surface area contributed by atoms with E-state index in [-0.39, 0.29) is 0 Å². The predicted octanol–water partition coefficient (Wildman–Crippen LogP) is 0.502. The first-order valence-corrected chi connectivity index (χ1v) is 4.60. The molecule has 72 valence electrons. The van der Waals surface area contributed by atoms with Crippen molar-refractivity contribution in [1.82, 2.24) is 9.80 Å². The number of rotatable bonds is 4. The summed E-state index contributed by atoms with van der Waals surface area (Å²) in [6, 6.07) is 0.391. The molecule has 1 atom stereocenters. The average Bonchev–Trinajstić information content (AvgIpc) is 1.85. The molecule has 0 saturated carbocycles. The van der Waals surface area contributed by atoms with Crippen LogP contribution in [0.4, 0.5) is 0 Å². The minimum Gasteiger partial charge on any atom is -0.376 e. The summed E-state index contributed by atoms with van der Waals surface area (Å²) in [6.07, 6.45) is 0. The fourth-order valence-electron chi connectivity index (χ4n) is 1.31. The summed E-state index contributed by atoms with van der Waals surface area (Å²) in [4.78, 5) is 4.15. The van der Waals surface area contributed by atoms with Crippen LogP contribution in [0.3, 0.4) is 0 Å². The molecule has 1 unspecified atom stereocenters. The van der Waals surface area contributed by atoms with Crippen LogP contribution in [0.25, 0.3) is 0 Å². The fraction of sp³-hybridized carbons (Fsp3) is 0.875. The lowest BCUT2D eigenvalue weighted by Crippen LogP contribution is -2.46. The summed E-state index contributed by atoms with van der Waals surface area (Å²) in [5.74, 6) is 0. The molecule has 0 aliphatic rings. The third kappa shape index (κ3) is 3.88. The third-order valence-corrected chi connectivity index (χ3v) is 2.02. The fourth-order valence-corrected chi connectivity index (χ4v) is 1.62. The van der Waals surface area contributed by atoms with Crippen molar-refractivity contribution in [2.75, 3.05) is 27.2 Å². The lowest BCUT2D eigenvalue weighted by molar-refractivity contribution is 0.265. The van der Waals surface area contributed by atoms with Gasteiger partial charge in [-0.05, 0) is 40.2 Å². The molecule has 0 aliphatic heterocycles. The quantitative estimate of drug-likeness (QED) is 0.653. The second-order valence-electron chi connectivity index (χ2n) is 3.24. The molecule has 0 aromatic carbocycles. The van der Waals surface area contributed by atoms with Gasteiger partial charge in [-0.3, -0.25) is 0 Å². The first-order chi connectivity index (χ1) is 5.49. The Balaban J connectivity index is 4.02. The van der Waals surface area contributed by atoms with E-state index >= 15 is 0 Å². The molecular formula is C8H19N3S. The molecule has 2 N–H and O–H groups in total. The van der Waals surface area contributed by atoms with Gasteiger partial charge in [0.2, 0.25) is 0 Å². The van der Waals surface area contributed by atoms with Crippen LogP contribution in [0, 0.1) is 0 Å². The smallest absolute Gasteiger partial charge is 0.166 e. The number of nitrogens with two attached hydrogens (primary N) is 1. The van der Waals surface area contributed by atoms with Gasteiger partial charge in [0, 0.05) is 19.1 Å². The van der Waals surface area contributed by atoms with Crippen LogP contribution < -0.4 is 5.73 Å². The van der Waals surface area contributed by atoms with Gasteiger partial charge in [0.15, 0.2) is 5.11 Å². The van der Waals surface area contributed by atoms with Crippen LogP contribution in [0.5, 0.6) is 0 Å². The summed E-state index contributed by atoms with van der Waals surface area (Å²) in [5, 5.41) is 0.492. The Hall–Kier alpha value is -0.350. The average molecular weight is 189 g/mol. The zero-order chi connectivity index (χ0) is 9.72. The van der Waals surface area contributed by atoms with Gasteiger partial charge in [0.1, 0.15) is 0 Å². The summed E-state index contributed by atoms with van der Waals surface area (Å²) >= 11 is 4.93. The predicted molar refractivity (Wildman–Crippen MR) is 57.2 cm³/mol. The maximum Gasteiger partial charge on any atom is 0.166 e. The van der Waals surface area contributed by atoms with Crippen LogP contribution in [-0.2, 0) is 0 Å². The van der Waals surface area contributed by atoms with Crippen molar-refractivity contribution in [3.8, 4) is 0 Å². The van der Waals surface area contributed by atoms with Crippen molar-refractivity contribution in [1.29, 1.82) is 0 Å². The van der Waals surface area contributed by atoms with Crippen LogP contribution >= 0.6 is 12.2 Å². The maximum absolute atomic E-state index is 5.56. The number of hydrogen-bond donors (Lipinski definition) is 1. The Morgan fingerprint density at radius 3 is 2.25 bits per heavy atom. The van der Waals surface area contributed by atoms with E-state index in [9.17, 15) is 0 Å². The van der Waals surface area contributed by atoms with Crippen molar-refractivity contribution in [2.45, 2.75) is 19.9 Å². The van der Waals surface area contributed by atoms with E-state index in [1.807, 2.05) is 19.0 Å².